The van der Waals surface area contributed by atoms with Crippen LogP contribution in [-0.4, -0.2) is 23.5 Å². The van der Waals surface area contributed by atoms with E-state index in [2.05, 4.69) is 10.3 Å². The summed E-state index contributed by atoms with van der Waals surface area (Å²) >= 11 is 7.40. The van der Waals surface area contributed by atoms with Crippen LogP contribution in [0.25, 0.3) is 21.0 Å². The second-order valence-corrected chi connectivity index (χ2v) is 6.52. The SMILES string of the molecule is C[C@@H]1COc2c(sc3ccc4nc(Cl)ccc4c23)C(=O)N1. The third-order valence-electron chi connectivity index (χ3n) is 3.51. The Kier molecular flexibility index (Phi) is 2.80. The first kappa shape index (κ1) is 12.9. The zero-order valence-corrected chi connectivity index (χ0v) is 12.7. The highest BCUT2D eigenvalue weighted by atomic mass is 35.5. The lowest BCUT2D eigenvalue weighted by Gasteiger charge is -2.09. The van der Waals surface area contributed by atoms with Crippen molar-refractivity contribution in [2.75, 3.05) is 6.61 Å². The van der Waals surface area contributed by atoms with Crippen LogP contribution >= 0.6 is 22.9 Å². The second-order valence-electron chi connectivity index (χ2n) is 5.09. The summed E-state index contributed by atoms with van der Waals surface area (Å²) in [6.45, 7) is 2.39. The summed E-state index contributed by atoms with van der Waals surface area (Å²) in [6, 6.07) is 7.55. The van der Waals surface area contributed by atoms with Gasteiger partial charge in [0.1, 0.15) is 16.6 Å². The number of fused-ring (bicyclic) bond motifs is 5. The zero-order valence-electron chi connectivity index (χ0n) is 11.1. The van der Waals surface area contributed by atoms with Gasteiger partial charge in [-0.15, -0.1) is 11.3 Å². The van der Waals surface area contributed by atoms with Gasteiger partial charge in [-0.2, -0.15) is 0 Å². The average molecular weight is 319 g/mol. The normalized spacial score (nSPS) is 18.2. The molecular formula is C15H11ClN2O2S. The Morgan fingerprint density at radius 1 is 1.38 bits per heavy atom. The molecule has 21 heavy (non-hydrogen) atoms. The third kappa shape index (κ3) is 1.96. The standard InChI is InChI=1S/C15H11ClN2O2S/c1-7-6-20-13-12-8-2-5-11(16)18-9(8)3-4-10(12)21-14(13)15(19)17-7/h2-5,7H,6H2,1H3,(H,17,19)/t7-/m1/s1. The summed E-state index contributed by atoms with van der Waals surface area (Å²) < 4.78 is 6.90. The average Bonchev–Trinajstić information content (AvgIpc) is 2.77. The molecule has 4 nitrogen and oxygen atoms in total. The van der Waals surface area contributed by atoms with Crippen molar-refractivity contribution in [2.45, 2.75) is 13.0 Å². The quantitative estimate of drug-likeness (QED) is 0.644. The Morgan fingerprint density at radius 2 is 2.24 bits per heavy atom. The Balaban J connectivity index is 2.08. The minimum absolute atomic E-state index is 0.00491. The molecule has 1 aliphatic heterocycles. The lowest BCUT2D eigenvalue weighted by Crippen LogP contribution is -2.33. The van der Waals surface area contributed by atoms with E-state index in [1.165, 1.54) is 11.3 Å². The van der Waals surface area contributed by atoms with Crippen LogP contribution in [-0.2, 0) is 0 Å². The molecule has 3 heterocycles. The predicted octanol–water partition coefficient (Wildman–Crippen LogP) is 3.61. The fourth-order valence-corrected chi connectivity index (χ4v) is 3.79. The van der Waals surface area contributed by atoms with Crippen molar-refractivity contribution in [3.63, 3.8) is 0 Å². The van der Waals surface area contributed by atoms with Gasteiger partial charge in [0, 0.05) is 15.5 Å². The molecule has 1 amide bonds. The number of carbonyl (C=O) groups is 1. The summed E-state index contributed by atoms with van der Waals surface area (Å²) in [5, 5.41) is 5.28. The van der Waals surface area contributed by atoms with Gasteiger partial charge in [0.25, 0.3) is 5.91 Å². The summed E-state index contributed by atoms with van der Waals surface area (Å²) in [5.74, 6) is 0.581. The van der Waals surface area contributed by atoms with E-state index in [1.807, 2.05) is 25.1 Å². The molecule has 106 valence electrons. The maximum absolute atomic E-state index is 12.3. The van der Waals surface area contributed by atoms with Crippen molar-refractivity contribution in [1.29, 1.82) is 0 Å². The number of aromatic nitrogens is 1. The van der Waals surface area contributed by atoms with E-state index >= 15 is 0 Å². The monoisotopic (exact) mass is 318 g/mol. The third-order valence-corrected chi connectivity index (χ3v) is 4.85. The van der Waals surface area contributed by atoms with Crippen molar-refractivity contribution >= 4 is 49.8 Å². The highest BCUT2D eigenvalue weighted by molar-refractivity contribution is 7.21. The van der Waals surface area contributed by atoms with Gasteiger partial charge in [-0.3, -0.25) is 4.79 Å². The van der Waals surface area contributed by atoms with E-state index in [-0.39, 0.29) is 11.9 Å². The number of ether oxygens (including phenoxy) is 1. The molecule has 1 N–H and O–H groups in total. The molecule has 0 spiro atoms. The van der Waals surface area contributed by atoms with Crippen LogP contribution in [0.2, 0.25) is 5.15 Å². The van der Waals surface area contributed by atoms with Crippen molar-refractivity contribution in [3.05, 3.63) is 34.3 Å². The number of thiophene rings is 1. The molecule has 1 aromatic carbocycles. The molecule has 4 rings (SSSR count). The molecule has 0 radical (unpaired) electrons. The smallest absolute Gasteiger partial charge is 0.265 e. The molecule has 0 saturated heterocycles. The van der Waals surface area contributed by atoms with Gasteiger partial charge in [-0.1, -0.05) is 11.6 Å². The zero-order chi connectivity index (χ0) is 14.6. The summed E-state index contributed by atoms with van der Waals surface area (Å²) in [7, 11) is 0. The maximum atomic E-state index is 12.3. The number of hydrogen-bond donors (Lipinski definition) is 1. The molecule has 0 bridgehead atoms. The summed E-state index contributed by atoms with van der Waals surface area (Å²) in [5.41, 5.74) is 0.803. The Morgan fingerprint density at radius 3 is 3.10 bits per heavy atom. The van der Waals surface area contributed by atoms with Crippen molar-refractivity contribution in [1.82, 2.24) is 10.3 Å². The van der Waals surface area contributed by atoms with Crippen LogP contribution in [0.4, 0.5) is 0 Å². The van der Waals surface area contributed by atoms with Crippen molar-refractivity contribution in [3.8, 4) is 5.75 Å². The Labute approximate surface area is 129 Å². The van der Waals surface area contributed by atoms with Gasteiger partial charge in [0.15, 0.2) is 5.75 Å². The van der Waals surface area contributed by atoms with Gasteiger partial charge in [0.05, 0.1) is 11.6 Å². The van der Waals surface area contributed by atoms with Crippen LogP contribution in [0, 0.1) is 0 Å². The lowest BCUT2D eigenvalue weighted by atomic mass is 10.1. The molecule has 0 aliphatic carbocycles. The van der Waals surface area contributed by atoms with E-state index in [9.17, 15) is 4.79 Å². The predicted molar refractivity (Wildman–Crippen MR) is 84.6 cm³/mol. The summed E-state index contributed by atoms with van der Waals surface area (Å²) in [6.07, 6.45) is 0. The molecule has 2 aromatic heterocycles. The Hall–Kier alpha value is -1.85. The molecule has 1 atom stereocenters. The number of carbonyl (C=O) groups excluding carboxylic acids is 1. The number of amides is 1. The van der Waals surface area contributed by atoms with Gasteiger partial charge in [-0.05, 0) is 31.2 Å². The Bertz CT molecular complexity index is 890. The van der Waals surface area contributed by atoms with Crippen LogP contribution in [0.5, 0.6) is 5.75 Å². The molecule has 3 aromatic rings. The summed E-state index contributed by atoms with van der Waals surface area (Å²) in [4.78, 5) is 17.2. The fraction of sp³-hybridized carbons (Fsp3) is 0.200. The topological polar surface area (TPSA) is 51.2 Å². The maximum Gasteiger partial charge on any atom is 0.265 e. The van der Waals surface area contributed by atoms with Crippen LogP contribution < -0.4 is 10.1 Å². The second kappa shape index (κ2) is 4.58. The first-order chi connectivity index (χ1) is 10.1. The van der Waals surface area contributed by atoms with E-state index in [4.69, 9.17) is 16.3 Å². The number of nitrogens with zero attached hydrogens (tertiary/aromatic N) is 1. The first-order valence-electron chi connectivity index (χ1n) is 6.59. The van der Waals surface area contributed by atoms with Gasteiger partial charge < -0.3 is 10.1 Å². The first-order valence-corrected chi connectivity index (χ1v) is 7.78. The molecule has 0 saturated carbocycles. The number of nitrogens with one attached hydrogen (secondary N) is 1. The van der Waals surface area contributed by atoms with Crippen LogP contribution in [0.3, 0.4) is 0 Å². The molecule has 6 heteroatoms. The number of benzene rings is 1. The number of hydrogen-bond acceptors (Lipinski definition) is 4. The molecule has 1 aliphatic rings. The molecule has 0 unspecified atom stereocenters. The fourth-order valence-electron chi connectivity index (χ4n) is 2.57. The van der Waals surface area contributed by atoms with Gasteiger partial charge in [0.2, 0.25) is 0 Å². The molecular weight excluding hydrogens is 308 g/mol. The highest BCUT2D eigenvalue weighted by Gasteiger charge is 2.26. The van der Waals surface area contributed by atoms with Crippen LogP contribution in [0.1, 0.15) is 16.6 Å². The largest absolute Gasteiger partial charge is 0.489 e. The van der Waals surface area contributed by atoms with Crippen LogP contribution in [0.15, 0.2) is 24.3 Å². The van der Waals surface area contributed by atoms with Gasteiger partial charge in [-0.25, -0.2) is 4.98 Å². The van der Waals surface area contributed by atoms with E-state index in [0.29, 0.717) is 22.4 Å². The molecule has 0 fully saturated rings. The number of pyridine rings is 1. The van der Waals surface area contributed by atoms with Crippen molar-refractivity contribution in [2.24, 2.45) is 0 Å². The number of halogens is 1. The highest BCUT2D eigenvalue weighted by Crippen LogP contribution is 2.42. The van der Waals surface area contributed by atoms with E-state index < -0.39 is 0 Å². The van der Waals surface area contributed by atoms with Gasteiger partial charge >= 0.3 is 0 Å². The van der Waals surface area contributed by atoms with E-state index in [0.717, 1.165) is 21.0 Å². The minimum Gasteiger partial charge on any atom is -0.489 e. The minimum atomic E-state index is -0.0775. The van der Waals surface area contributed by atoms with E-state index in [1.54, 1.807) is 6.07 Å². The number of rotatable bonds is 0. The van der Waals surface area contributed by atoms with Crippen molar-refractivity contribution < 1.29 is 9.53 Å². The lowest BCUT2D eigenvalue weighted by molar-refractivity contribution is 0.0946.